The topological polar surface area (TPSA) is 51.3 Å². The summed E-state index contributed by atoms with van der Waals surface area (Å²) in [5.41, 5.74) is 4.38. The molecule has 2 heterocycles. The van der Waals surface area contributed by atoms with Crippen LogP contribution in [0.3, 0.4) is 0 Å². The van der Waals surface area contributed by atoms with E-state index in [4.69, 9.17) is 9.52 Å². The zero-order valence-electron chi connectivity index (χ0n) is 16.4. The van der Waals surface area contributed by atoms with Crippen molar-refractivity contribution in [2.45, 2.75) is 44.2 Å². The second-order valence-corrected chi connectivity index (χ2v) is 8.32. The standard InChI is InChI=1S/C22H25N3O2S/c1-3-28-21-12-5-4-9-18(21)22(26)25(14-16-8-7-13-27-16)15-19-17-10-6-11-20(17)24(2)23-19/h4-5,7-9,12-13H,3,6,10-11,14-15H2,1-2H3. The summed E-state index contributed by atoms with van der Waals surface area (Å²) < 4.78 is 7.52. The zero-order valence-corrected chi connectivity index (χ0v) is 17.2. The number of hydrogen-bond donors (Lipinski definition) is 0. The second kappa shape index (κ2) is 8.27. The summed E-state index contributed by atoms with van der Waals surface area (Å²) >= 11 is 1.70. The van der Waals surface area contributed by atoms with Gasteiger partial charge in [0.2, 0.25) is 0 Å². The molecule has 3 aromatic rings. The van der Waals surface area contributed by atoms with Crippen molar-refractivity contribution < 1.29 is 9.21 Å². The zero-order chi connectivity index (χ0) is 19.5. The van der Waals surface area contributed by atoms with Crippen LogP contribution >= 0.6 is 11.8 Å². The number of hydrogen-bond acceptors (Lipinski definition) is 4. The van der Waals surface area contributed by atoms with E-state index in [9.17, 15) is 4.79 Å². The van der Waals surface area contributed by atoms with Crippen molar-refractivity contribution in [3.8, 4) is 0 Å². The van der Waals surface area contributed by atoms with Gasteiger partial charge >= 0.3 is 0 Å². The summed E-state index contributed by atoms with van der Waals surface area (Å²) in [6, 6.07) is 11.6. The van der Waals surface area contributed by atoms with E-state index >= 15 is 0 Å². The number of aryl methyl sites for hydroxylation is 1. The van der Waals surface area contributed by atoms with Gasteiger partial charge in [0.25, 0.3) is 5.91 Å². The molecule has 0 spiro atoms. The van der Waals surface area contributed by atoms with Gasteiger partial charge in [0.15, 0.2) is 0 Å². The van der Waals surface area contributed by atoms with Crippen LogP contribution in [0, 0.1) is 0 Å². The molecule has 5 nitrogen and oxygen atoms in total. The number of fused-ring (bicyclic) bond motifs is 1. The molecule has 0 radical (unpaired) electrons. The minimum Gasteiger partial charge on any atom is -0.467 e. The first-order valence-corrected chi connectivity index (χ1v) is 10.7. The lowest BCUT2D eigenvalue weighted by molar-refractivity contribution is 0.0711. The van der Waals surface area contributed by atoms with E-state index in [-0.39, 0.29) is 5.91 Å². The lowest BCUT2D eigenvalue weighted by Crippen LogP contribution is -2.31. The number of nitrogens with zero attached hydrogens (tertiary/aromatic N) is 3. The van der Waals surface area contributed by atoms with Gasteiger partial charge in [-0.15, -0.1) is 11.8 Å². The van der Waals surface area contributed by atoms with E-state index < -0.39 is 0 Å². The van der Waals surface area contributed by atoms with E-state index in [2.05, 4.69) is 6.92 Å². The van der Waals surface area contributed by atoms with Crippen LogP contribution in [0.1, 0.15) is 46.4 Å². The largest absolute Gasteiger partial charge is 0.467 e. The fourth-order valence-corrected chi connectivity index (χ4v) is 4.69. The lowest BCUT2D eigenvalue weighted by atomic mass is 10.1. The molecule has 0 fully saturated rings. The predicted octanol–water partition coefficient (Wildman–Crippen LogP) is 4.46. The molecular weight excluding hydrogens is 370 g/mol. The number of furan rings is 1. The Morgan fingerprint density at radius 3 is 2.86 bits per heavy atom. The maximum Gasteiger partial charge on any atom is 0.255 e. The summed E-state index contributed by atoms with van der Waals surface area (Å²) in [5, 5.41) is 4.72. The van der Waals surface area contributed by atoms with Gasteiger partial charge in [-0.2, -0.15) is 5.10 Å². The van der Waals surface area contributed by atoms with Gasteiger partial charge in [0, 0.05) is 17.6 Å². The molecule has 0 bridgehead atoms. The van der Waals surface area contributed by atoms with E-state index in [1.54, 1.807) is 18.0 Å². The highest BCUT2D eigenvalue weighted by Crippen LogP contribution is 2.28. The Hall–Kier alpha value is -2.47. The van der Waals surface area contributed by atoms with E-state index in [0.717, 1.165) is 46.9 Å². The van der Waals surface area contributed by atoms with Crippen LogP contribution in [-0.4, -0.2) is 26.3 Å². The Bertz CT molecular complexity index is 962. The minimum absolute atomic E-state index is 0.0188. The van der Waals surface area contributed by atoms with Crippen molar-refractivity contribution in [1.82, 2.24) is 14.7 Å². The van der Waals surface area contributed by atoms with Crippen LogP contribution in [0.15, 0.2) is 52.0 Å². The average Bonchev–Trinajstić information content (AvgIpc) is 3.43. The van der Waals surface area contributed by atoms with Gasteiger partial charge < -0.3 is 9.32 Å². The van der Waals surface area contributed by atoms with Gasteiger partial charge in [-0.3, -0.25) is 9.48 Å². The van der Waals surface area contributed by atoms with Crippen molar-refractivity contribution >= 4 is 17.7 Å². The van der Waals surface area contributed by atoms with Gasteiger partial charge in [-0.25, -0.2) is 0 Å². The highest BCUT2D eigenvalue weighted by molar-refractivity contribution is 7.99. The second-order valence-electron chi connectivity index (χ2n) is 7.02. The summed E-state index contributed by atoms with van der Waals surface area (Å²) in [7, 11) is 2.00. The number of carbonyl (C=O) groups excluding carboxylic acids is 1. The molecule has 1 aliphatic rings. The first-order chi connectivity index (χ1) is 13.7. The van der Waals surface area contributed by atoms with Crippen LogP contribution < -0.4 is 0 Å². The molecule has 28 heavy (non-hydrogen) atoms. The molecule has 0 N–H and O–H groups in total. The first kappa shape index (κ1) is 18.9. The number of aromatic nitrogens is 2. The van der Waals surface area contributed by atoms with E-state index in [1.165, 1.54) is 11.3 Å². The van der Waals surface area contributed by atoms with Crippen molar-refractivity contribution in [3.63, 3.8) is 0 Å². The molecule has 2 aromatic heterocycles. The molecule has 0 unspecified atom stereocenters. The number of amides is 1. The highest BCUT2D eigenvalue weighted by atomic mass is 32.2. The van der Waals surface area contributed by atoms with Crippen LogP contribution in [0.5, 0.6) is 0 Å². The molecule has 0 saturated carbocycles. The minimum atomic E-state index is 0.0188. The van der Waals surface area contributed by atoms with Crippen molar-refractivity contribution in [2.75, 3.05) is 5.75 Å². The quantitative estimate of drug-likeness (QED) is 0.555. The fraction of sp³-hybridized carbons (Fsp3) is 0.364. The Labute approximate surface area is 169 Å². The molecule has 0 atom stereocenters. The molecule has 1 amide bonds. The monoisotopic (exact) mass is 395 g/mol. The molecular formula is C22H25N3O2S. The van der Waals surface area contributed by atoms with Gasteiger partial charge in [-0.05, 0) is 54.8 Å². The summed E-state index contributed by atoms with van der Waals surface area (Å²) in [6.45, 7) is 3.03. The fourth-order valence-electron chi connectivity index (χ4n) is 3.89. The smallest absolute Gasteiger partial charge is 0.255 e. The van der Waals surface area contributed by atoms with Crippen molar-refractivity contribution in [1.29, 1.82) is 0 Å². The highest BCUT2D eigenvalue weighted by Gasteiger charge is 2.26. The summed E-state index contributed by atoms with van der Waals surface area (Å²) in [4.78, 5) is 16.4. The van der Waals surface area contributed by atoms with E-state index in [0.29, 0.717) is 13.1 Å². The molecule has 1 aromatic carbocycles. The third-order valence-electron chi connectivity index (χ3n) is 5.17. The molecule has 0 saturated heterocycles. The third-order valence-corrected chi connectivity index (χ3v) is 6.13. The summed E-state index contributed by atoms with van der Waals surface area (Å²) in [5.74, 6) is 1.72. The van der Waals surface area contributed by atoms with Gasteiger partial charge in [0.1, 0.15) is 5.76 Å². The van der Waals surface area contributed by atoms with Crippen molar-refractivity contribution in [2.24, 2.45) is 7.05 Å². The first-order valence-electron chi connectivity index (χ1n) is 9.74. The molecule has 4 rings (SSSR count). The number of carbonyl (C=O) groups is 1. The van der Waals surface area contributed by atoms with Gasteiger partial charge in [-0.1, -0.05) is 19.1 Å². The Morgan fingerprint density at radius 1 is 1.21 bits per heavy atom. The van der Waals surface area contributed by atoms with Crippen molar-refractivity contribution in [3.05, 3.63) is 70.9 Å². The summed E-state index contributed by atoms with van der Waals surface area (Å²) in [6.07, 6.45) is 4.93. The maximum atomic E-state index is 13.5. The van der Waals surface area contributed by atoms with Gasteiger partial charge in [0.05, 0.1) is 30.6 Å². The average molecular weight is 396 g/mol. The van der Waals surface area contributed by atoms with Crippen LogP contribution in [-0.2, 0) is 33.0 Å². The number of rotatable bonds is 7. The molecule has 1 aliphatic carbocycles. The van der Waals surface area contributed by atoms with Crippen LogP contribution in [0.4, 0.5) is 0 Å². The molecule has 0 aliphatic heterocycles. The predicted molar refractivity (Wildman–Crippen MR) is 110 cm³/mol. The number of benzene rings is 1. The SMILES string of the molecule is CCSc1ccccc1C(=O)N(Cc1ccco1)Cc1nn(C)c2c1CCC2. The van der Waals surface area contributed by atoms with E-state index in [1.807, 2.05) is 53.0 Å². The Balaban J connectivity index is 1.66. The lowest BCUT2D eigenvalue weighted by Gasteiger charge is -2.22. The normalized spacial score (nSPS) is 12.9. The van der Waals surface area contributed by atoms with Crippen LogP contribution in [0.25, 0.3) is 0 Å². The number of thioether (sulfide) groups is 1. The third kappa shape index (κ3) is 3.74. The Kier molecular flexibility index (Phi) is 5.57. The van der Waals surface area contributed by atoms with Crippen LogP contribution in [0.2, 0.25) is 0 Å². The maximum absolute atomic E-state index is 13.5. The molecule has 6 heteroatoms. The Morgan fingerprint density at radius 2 is 2.07 bits per heavy atom. The molecule has 146 valence electrons.